The first-order valence-corrected chi connectivity index (χ1v) is 8.00. The number of carbonyl (C=O) groups excluding carboxylic acids is 1. The smallest absolute Gasteiger partial charge is 0.237 e. The lowest BCUT2D eigenvalue weighted by Gasteiger charge is -2.26. The molecule has 2 aliphatic rings. The molecule has 0 spiro atoms. The fraction of sp³-hybridized carbons (Fsp3) is 0.933. The Hall–Kier alpha value is -0.650. The Morgan fingerprint density at radius 1 is 1.25 bits per heavy atom. The van der Waals surface area contributed by atoms with Crippen LogP contribution in [0.5, 0.6) is 0 Å². The summed E-state index contributed by atoms with van der Waals surface area (Å²) in [6.07, 6.45) is 8.07. The van der Waals surface area contributed by atoms with Crippen molar-refractivity contribution >= 4 is 5.91 Å². The van der Waals surface area contributed by atoms with Crippen LogP contribution in [0.4, 0.5) is 0 Å². The zero-order chi connectivity index (χ0) is 14.2. The second kappa shape index (κ2) is 8.60. The summed E-state index contributed by atoms with van der Waals surface area (Å²) >= 11 is 0. The molecule has 1 saturated heterocycles. The molecule has 5 nitrogen and oxygen atoms in total. The lowest BCUT2D eigenvalue weighted by atomic mass is 9.92. The first-order valence-electron chi connectivity index (χ1n) is 8.00. The van der Waals surface area contributed by atoms with E-state index in [1.165, 1.54) is 25.7 Å². The molecule has 1 heterocycles. The second-order valence-electron chi connectivity index (χ2n) is 5.90. The van der Waals surface area contributed by atoms with Gasteiger partial charge in [-0.25, -0.2) is 0 Å². The van der Waals surface area contributed by atoms with E-state index in [4.69, 9.17) is 15.2 Å². The first kappa shape index (κ1) is 15.7. The van der Waals surface area contributed by atoms with Gasteiger partial charge in [0.1, 0.15) is 0 Å². The van der Waals surface area contributed by atoms with Crippen LogP contribution < -0.4 is 11.1 Å². The predicted molar refractivity (Wildman–Crippen MR) is 77.4 cm³/mol. The highest BCUT2D eigenvalue weighted by molar-refractivity contribution is 5.81. The number of ether oxygens (including phenoxy) is 2. The maximum Gasteiger partial charge on any atom is 0.237 e. The number of amides is 1. The van der Waals surface area contributed by atoms with Gasteiger partial charge in [0.25, 0.3) is 0 Å². The minimum Gasteiger partial charge on any atom is -0.381 e. The van der Waals surface area contributed by atoms with Crippen LogP contribution in [0.1, 0.15) is 44.9 Å². The van der Waals surface area contributed by atoms with Crippen LogP contribution in [0.2, 0.25) is 0 Å². The summed E-state index contributed by atoms with van der Waals surface area (Å²) in [5.74, 6) is 0.233. The number of nitrogens with two attached hydrogens (primary N) is 1. The topological polar surface area (TPSA) is 73.6 Å². The third kappa shape index (κ3) is 5.04. The van der Waals surface area contributed by atoms with Crippen LogP contribution in [0.3, 0.4) is 0 Å². The Balaban J connectivity index is 1.52. The fourth-order valence-electron chi connectivity index (χ4n) is 3.00. The Bertz CT molecular complexity index is 287. The lowest BCUT2D eigenvalue weighted by molar-refractivity contribution is -0.124. The highest BCUT2D eigenvalue weighted by Crippen LogP contribution is 2.21. The van der Waals surface area contributed by atoms with Gasteiger partial charge in [0.05, 0.1) is 12.1 Å². The molecule has 1 saturated carbocycles. The second-order valence-corrected chi connectivity index (χ2v) is 5.90. The van der Waals surface area contributed by atoms with E-state index in [0.29, 0.717) is 12.6 Å². The number of hydrogen-bond donors (Lipinski definition) is 2. The molecule has 20 heavy (non-hydrogen) atoms. The third-order valence-electron chi connectivity index (χ3n) is 4.35. The highest BCUT2D eigenvalue weighted by atomic mass is 16.5. The molecular formula is C15H28N2O3. The average Bonchev–Trinajstić information content (AvgIpc) is 3.00. The molecule has 2 fully saturated rings. The van der Waals surface area contributed by atoms with E-state index in [1.807, 2.05) is 0 Å². The molecule has 3 N–H and O–H groups in total. The van der Waals surface area contributed by atoms with Crippen molar-refractivity contribution in [2.75, 3.05) is 26.4 Å². The van der Waals surface area contributed by atoms with E-state index >= 15 is 0 Å². The van der Waals surface area contributed by atoms with Crippen LogP contribution in [0.25, 0.3) is 0 Å². The Morgan fingerprint density at radius 2 is 1.95 bits per heavy atom. The maximum atomic E-state index is 11.9. The van der Waals surface area contributed by atoms with Crippen molar-refractivity contribution in [3.05, 3.63) is 0 Å². The summed E-state index contributed by atoms with van der Waals surface area (Å²) in [7, 11) is 0. The van der Waals surface area contributed by atoms with Gasteiger partial charge in [-0.2, -0.15) is 0 Å². The zero-order valence-corrected chi connectivity index (χ0v) is 12.3. The zero-order valence-electron chi connectivity index (χ0n) is 12.3. The molecule has 1 atom stereocenters. The molecular weight excluding hydrogens is 256 g/mol. The quantitative estimate of drug-likeness (QED) is 0.689. The van der Waals surface area contributed by atoms with Crippen LogP contribution in [0, 0.1) is 5.92 Å². The molecule has 1 amide bonds. The molecule has 2 rings (SSSR count). The Labute approximate surface area is 121 Å². The maximum absolute atomic E-state index is 11.9. The van der Waals surface area contributed by atoms with Gasteiger partial charge < -0.3 is 20.5 Å². The molecule has 0 radical (unpaired) electrons. The van der Waals surface area contributed by atoms with Crippen molar-refractivity contribution in [2.24, 2.45) is 11.7 Å². The van der Waals surface area contributed by atoms with Crippen molar-refractivity contribution in [1.82, 2.24) is 5.32 Å². The Morgan fingerprint density at radius 3 is 2.65 bits per heavy atom. The number of nitrogens with one attached hydrogen (secondary N) is 1. The summed E-state index contributed by atoms with van der Waals surface area (Å²) in [6.45, 7) is 2.83. The summed E-state index contributed by atoms with van der Waals surface area (Å²) < 4.78 is 11.1. The molecule has 1 aliphatic heterocycles. The van der Waals surface area contributed by atoms with Crippen molar-refractivity contribution < 1.29 is 14.3 Å². The van der Waals surface area contributed by atoms with Crippen molar-refractivity contribution in [3.8, 4) is 0 Å². The van der Waals surface area contributed by atoms with E-state index in [9.17, 15) is 4.79 Å². The van der Waals surface area contributed by atoms with Crippen molar-refractivity contribution in [3.63, 3.8) is 0 Å². The normalized spacial score (nSPS) is 22.9. The van der Waals surface area contributed by atoms with Gasteiger partial charge in [-0.1, -0.05) is 12.8 Å². The fourth-order valence-corrected chi connectivity index (χ4v) is 3.00. The van der Waals surface area contributed by atoms with Crippen LogP contribution in [-0.4, -0.2) is 44.4 Å². The van der Waals surface area contributed by atoms with E-state index in [1.54, 1.807) is 0 Å². The Kier molecular flexibility index (Phi) is 6.76. The van der Waals surface area contributed by atoms with E-state index in [2.05, 4.69) is 5.32 Å². The minimum absolute atomic E-state index is 0.0298. The van der Waals surface area contributed by atoms with Crippen LogP contribution in [-0.2, 0) is 14.3 Å². The standard InChI is InChI=1S/C15H28N2O3/c16-14(12-6-10-19-11-7-12)15(18)17-8-3-9-20-13-4-1-2-5-13/h12-14H,1-11,16H2,(H,17,18). The largest absolute Gasteiger partial charge is 0.381 e. The van der Waals surface area contributed by atoms with Gasteiger partial charge in [-0.3, -0.25) is 4.79 Å². The molecule has 0 aromatic rings. The molecule has 0 aromatic heterocycles. The monoisotopic (exact) mass is 284 g/mol. The summed E-state index contributed by atoms with van der Waals surface area (Å²) in [4.78, 5) is 11.9. The molecule has 1 unspecified atom stereocenters. The number of rotatable bonds is 7. The molecule has 0 aromatic carbocycles. The van der Waals surface area contributed by atoms with E-state index in [0.717, 1.165) is 39.1 Å². The minimum atomic E-state index is -0.394. The van der Waals surface area contributed by atoms with Gasteiger partial charge in [0.2, 0.25) is 5.91 Å². The molecule has 1 aliphatic carbocycles. The van der Waals surface area contributed by atoms with Crippen LogP contribution >= 0.6 is 0 Å². The predicted octanol–water partition coefficient (Wildman–Crippen LogP) is 1.21. The molecule has 0 bridgehead atoms. The number of hydrogen-bond acceptors (Lipinski definition) is 4. The molecule has 116 valence electrons. The SMILES string of the molecule is NC(C(=O)NCCCOC1CCCC1)C1CCOCC1. The van der Waals surface area contributed by atoms with Gasteiger partial charge in [0.15, 0.2) is 0 Å². The van der Waals surface area contributed by atoms with Gasteiger partial charge in [0, 0.05) is 26.4 Å². The average molecular weight is 284 g/mol. The van der Waals surface area contributed by atoms with Crippen molar-refractivity contribution in [1.29, 1.82) is 0 Å². The first-order chi connectivity index (χ1) is 9.77. The third-order valence-corrected chi connectivity index (χ3v) is 4.35. The lowest BCUT2D eigenvalue weighted by Crippen LogP contribution is -2.47. The van der Waals surface area contributed by atoms with Crippen LogP contribution in [0.15, 0.2) is 0 Å². The van der Waals surface area contributed by atoms with Gasteiger partial charge >= 0.3 is 0 Å². The van der Waals surface area contributed by atoms with E-state index in [-0.39, 0.29) is 11.8 Å². The summed E-state index contributed by atoms with van der Waals surface area (Å²) in [5.41, 5.74) is 6.01. The summed E-state index contributed by atoms with van der Waals surface area (Å²) in [5, 5.41) is 2.92. The number of carbonyl (C=O) groups is 1. The van der Waals surface area contributed by atoms with E-state index < -0.39 is 6.04 Å². The summed E-state index contributed by atoms with van der Waals surface area (Å²) in [6, 6.07) is -0.394. The molecule has 5 heteroatoms. The van der Waals surface area contributed by atoms with Gasteiger partial charge in [-0.05, 0) is 38.0 Å². The van der Waals surface area contributed by atoms with Gasteiger partial charge in [-0.15, -0.1) is 0 Å². The van der Waals surface area contributed by atoms with Crippen molar-refractivity contribution in [2.45, 2.75) is 57.1 Å². The highest BCUT2D eigenvalue weighted by Gasteiger charge is 2.26.